The molecule has 2 aromatic carbocycles. The van der Waals surface area contributed by atoms with Gasteiger partial charge in [-0.25, -0.2) is 0 Å². The molecule has 0 spiro atoms. The van der Waals surface area contributed by atoms with Crippen LogP contribution in [0, 0.1) is 18.8 Å². The van der Waals surface area contributed by atoms with Crippen LogP contribution in [0.25, 0.3) is 0 Å². The van der Waals surface area contributed by atoms with Crippen molar-refractivity contribution < 1.29 is 14.2 Å². The first kappa shape index (κ1) is 29.7. The van der Waals surface area contributed by atoms with Crippen LogP contribution in [0.15, 0.2) is 54.6 Å². The number of hydrogen-bond acceptors (Lipinski definition) is 5. The van der Waals surface area contributed by atoms with Crippen LogP contribution in [0.3, 0.4) is 0 Å². The van der Waals surface area contributed by atoms with Crippen molar-refractivity contribution in [2.45, 2.75) is 96.2 Å². The van der Waals surface area contributed by atoms with Crippen LogP contribution in [-0.4, -0.2) is 56.4 Å². The first-order valence-corrected chi connectivity index (χ1v) is 16.1. The Balaban J connectivity index is 1.11. The molecule has 0 bridgehead atoms. The third-order valence-corrected chi connectivity index (χ3v) is 9.07. The maximum atomic E-state index is 6.63. The zero-order valence-electron chi connectivity index (χ0n) is 24.9. The quantitative estimate of drug-likeness (QED) is 0.303. The van der Waals surface area contributed by atoms with Gasteiger partial charge < -0.3 is 24.4 Å². The smallest absolute Gasteiger partial charge is 0.184 e. The minimum atomic E-state index is -0.222. The highest BCUT2D eigenvalue weighted by molar-refractivity contribution is 5.23. The Bertz CT molecular complexity index is 995. The molecule has 3 heterocycles. The summed E-state index contributed by atoms with van der Waals surface area (Å²) in [7, 11) is 0. The highest BCUT2D eigenvalue weighted by Gasteiger charge is 2.27. The molecule has 3 aliphatic heterocycles. The summed E-state index contributed by atoms with van der Waals surface area (Å²) in [6, 6.07) is 19.4. The molecule has 1 N–H and O–H groups in total. The van der Waals surface area contributed by atoms with Crippen molar-refractivity contribution in [1.29, 1.82) is 0 Å². The molecule has 0 radical (unpaired) electrons. The largest absolute Gasteiger partial charge is 0.370 e. The van der Waals surface area contributed by atoms with Gasteiger partial charge in [0.1, 0.15) is 0 Å². The number of benzene rings is 2. The van der Waals surface area contributed by atoms with E-state index in [1.165, 1.54) is 69.4 Å². The summed E-state index contributed by atoms with van der Waals surface area (Å²) < 4.78 is 19.0. The number of nitrogens with one attached hydrogen (secondary N) is 1. The van der Waals surface area contributed by atoms with Crippen molar-refractivity contribution in [2.75, 3.05) is 39.3 Å². The van der Waals surface area contributed by atoms with Crippen molar-refractivity contribution in [2.24, 2.45) is 11.8 Å². The molecular formula is C35H52N2O3. The molecule has 5 atom stereocenters. The Morgan fingerprint density at radius 2 is 1.73 bits per heavy atom. The van der Waals surface area contributed by atoms with Crippen molar-refractivity contribution in [1.82, 2.24) is 10.2 Å². The third-order valence-electron chi connectivity index (χ3n) is 9.07. The van der Waals surface area contributed by atoms with Gasteiger partial charge in [0.05, 0.1) is 24.9 Å². The van der Waals surface area contributed by atoms with Gasteiger partial charge in [0.25, 0.3) is 0 Å². The minimum Gasteiger partial charge on any atom is -0.370 e. The van der Waals surface area contributed by atoms with Gasteiger partial charge in [-0.15, -0.1) is 0 Å². The Kier molecular flexibility index (Phi) is 11.5. The molecule has 5 nitrogen and oxygen atoms in total. The van der Waals surface area contributed by atoms with Gasteiger partial charge in [-0.2, -0.15) is 0 Å². The van der Waals surface area contributed by atoms with Crippen molar-refractivity contribution in [3.05, 3.63) is 71.3 Å². The van der Waals surface area contributed by atoms with Crippen LogP contribution in [0.2, 0.25) is 0 Å². The van der Waals surface area contributed by atoms with Gasteiger partial charge in [0.2, 0.25) is 0 Å². The molecule has 220 valence electrons. The number of aryl methyl sites for hydroxylation is 1. The Hall–Kier alpha value is -1.76. The summed E-state index contributed by atoms with van der Waals surface area (Å²) in [4.78, 5) is 2.77. The van der Waals surface area contributed by atoms with Gasteiger partial charge in [0.15, 0.2) is 6.29 Å². The fraction of sp³-hybridized carbons (Fsp3) is 0.657. The normalized spacial score (nSPS) is 27.1. The summed E-state index contributed by atoms with van der Waals surface area (Å²) in [5.41, 5.74) is 3.74. The summed E-state index contributed by atoms with van der Waals surface area (Å²) in [6.07, 6.45) is 11.4. The average molecular weight is 549 g/mol. The number of nitrogens with zero attached hydrogens (tertiary/aromatic N) is 1. The molecule has 0 aliphatic carbocycles. The van der Waals surface area contributed by atoms with Gasteiger partial charge in [-0.3, -0.25) is 0 Å². The van der Waals surface area contributed by atoms with Crippen LogP contribution in [-0.2, 0) is 14.2 Å². The maximum absolute atomic E-state index is 6.63. The molecule has 3 fully saturated rings. The fourth-order valence-electron chi connectivity index (χ4n) is 6.97. The molecule has 5 heteroatoms. The fourth-order valence-corrected chi connectivity index (χ4v) is 6.97. The highest BCUT2D eigenvalue weighted by atomic mass is 16.7. The van der Waals surface area contributed by atoms with E-state index in [9.17, 15) is 0 Å². The number of ether oxygens (including phenoxy) is 3. The second-order valence-corrected chi connectivity index (χ2v) is 12.7. The lowest BCUT2D eigenvalue weighted by Crippen LogP contribution is -2.39. The van der Waals surface area contributed by atoms with Crippen LogP contribution < -0.4 is 5.32 Å². The highest BCUT2D eigenvalue weighted by Crippen LogP contribution is 2.34. The Morgan fingerprint density at radius 3 is 2.55 bits per heavy atom. The van der Waals surface area contributed by atoms with Gasteiger partial charge >= 0.3 is 0 Å². The molecule has 2 aromatic rings. The van der Waals surface area contributed by atoms with E-state index in [2.05, 4.69) is 78.7 Å². The maximum Gasteiger partial charge on any atom is 0.184 e. The van der Waals surface area contributed by atoms with Crippen LogP contribution in [0.1, 0.15) is 93.8 Å². The second-order valence-electron chi connectivity index (χ2n) is 12.7. The lowest BCUT2D eigenvalue weighted by molar-refractivity contribution is -0.218. The molecule has 0 saturated carbocycles. The predicted molar refractivity (Wildman–Crippen MR) is 162 cm³/mol. The van der Waals surface area contributed by atoms with Crippen molar-refractivity contribution in [3.8, 4) is 0 Å². The molecule has 3 saturated heterocycles. The predicted octanol–water partition coefficient (Wildman–Crippen LogP) is 7.22. The lowest BCUT2D eigenvalue weighted by Gasteiger charge is -2.35. The zero-order valence-corrected chi connectivity index (χ0v) is 24.9. The van der Waals surface area contributed by atoms with E-state index in [0.717, 1.165) is 50.3 Å². The van der Waals surface area contributed by atoms with Crippen LogP contribution >= 0.6 is 0 Å². The van der Waals surface area contributed by atoms with E-state index < -0.39 is 0 Å². The number of piperidine rings is 1. The standard InChI is InChI=1S/C35H52N2O3/c1-27-9-6-12-31(23-27)35-38-22-18-32(40-35)14-8-21-37(26-29-16-19-36-20-17-29)25-28(2)24-33-13-7-15-34(39-33)30-10-4-3-5-11-30/h3-6,9-12,23,28-29,32-36H,7-8,13-22,24-26H2,1-2H3. The van der Waals surface area contributed by atoms with E-state index in [4.69, 9.17) is 14.2 Å². The van der Waals surface area contributed by atoms with Gasteiger partial charge in [-0.05, 0) is 102 Å². The molecular weight excluding hydrogens is 496 g/mol. The van der Waals surface area contributed by atoms with Crippen molar-refractivity contribution in [3.63, 3.8) is 0 Å². The van der Waals surface area contributed by atoms with E-state index >= 15 is 0 Å². The zero-order chi connectivity index (χ0) is 27.6. The molecule has 0 amide bonds. The van der Waals surface area contributed by atoms with E-state index in [-0.39, 0.29) is 18.5 Å². The second kappa shape index (κ2) is 15.5. The molecule has 40 heavy (non-hydrogen) atoms. The monoisotopic (exact) mass is 548 g/mol. The SMILES string of the molecule is Cc1cccc(C2OCCC(CCCN(CC(C)CC3CCCC(c4ccccc4)O3)CC3CCNCC3)O2)c1. The van der Waals surface area contributed by atoms with Gasteiger partial charge in [-0.1, -0.05) is 67.1 Å². The summed E-state index contributed by atoms with van der Waals surface area (Å²) >= 11 is 0. The van der Waals surface area contributed by atoms with Gasteiger partial charge in [0, 0.05) is 18.7 Å². The first-order valence-electron chi connectivity index (χ1n) is 16.1. The summed E-state index contributed by atoms with van der Waals surface area (Å²) in [5, 5.41) is 3.54. The Morgan fingerprint density at radius 1 is 0.900 bits per heavy atom. The molecule has 3 aliphatic rings. The molecule has 5 rings (SSSR count). The minimum absolute atomic E-state index is 0.222. The molecule has 0 aromatic heterocycles. The lowest BCUT2D eigenvalue weighted by atomic mass is 9.92. The summed E-state index contributed by atoms with van der Waals surface area (Å²) in [5.74, 6) is 1.44. The Labute approximate surface area is 243 Å². The van der Waals surface area contributed by atoms with E-state index in [1.54, 1.807) is 0 Å². The van der Waals surface area contributed by atoms with E-state index in [0.29, 0.717) is 12.0 Å². The average Bonchev–Trinajstić information content (AvgIpc) is 2.98. The first-order chi connectivity index (χ1) is 19.6. The molecule has 5 unspecified atom stereocenters. The van der Waals surface area contributed by atoms with Crippen molar-refractivity contribution >= 4 is 0 Å². The summed E-state index contributed by atoms with van der Waals surface area (Å²) in [6.45, 7) is 11.2. The number of hydrogen-bond donors (Lipinski definition) is 1. The van der Waals surface area contributed by atoms with Crippen LogP contribution in [0.5, 0.6) is 0 Å². The number of rotatable bonds is 12. The van der Waals surface area contributed by atoms with E-state index in [1.807, 2.05) is 0 Å². The van der Waals surface area contributed by atoms with Crippen LogP contribution in [0.4, 0.5) is 0 Å². The third kappa shape index (κ3) is 9.12. The topological polar surface area (TPSA) is 43.0 Å².